The second-order valence-corrected chi connectivity index (χ2v) is 8.66. The summed E-state index contributed by atoms with van der Waals surface area (Å²) in [6, 6.07) is 23.2. The number of ether oxygens (including phenoxy) is 1. The van der Waals surface area contributed by atoms with Gasteiger partial charge >= 0.3 is 6.09 Å². The van der Waals surface area contributed by atoms with Crippen LogP contribution in [0.15, 0.2) is 85.2 Å². The molecular weight excluding hydrogens is 525 g/mol. The molecule has 184 valence electrons. The van der Waals surface area contributed by atoms with E-state index in [9.17, 15) is 9.59 Å². The van der Waals surface area contributed by atoms with Gasteiger partial charge in [0, 0.05) is 30.2 Å². The molecule has 1 aliphatic heterocycles. The molecule has 0 aliphatic carbocycles. The standard InChI is InChI=1S/C28H24FN3O3.BrH/c1-19(33)30-16-25-18-32(28(34)35-25)24-8-9-26(27(29)15-24)22-10-12-31(13-11-22)17-20-6-7-21-4-2-3-5-23(21)14-20;/h2-15,25H,16-18H2,1H3;1H. The Hall–Kier alpha value is -3.78. The predicted molar refractivity (Wildman–Crippen MR) is 131 cm³/mol. The van der Waals surface area contributed by atoms with Crippen LogP contribution in [0.4, 0.5) is 14.9 Å². The van der Waals surface area contributed by atoms with Crippen molar-refractivity contribution in [1.82, 2.24) is 5.32 Å². The first-order valence-electron chi connectivity index (χ1n) is 11.5. The highest BCUT2D eigenvalue weighted by Gasteiger charge is 2.32. The van der Waals surface area contributed by atoms with Crippen LogP contribution in [0.25, 0.3) is 21.9 Å². The number of cyclic esters (lactones) is 1. The number of benzene rings is 3. The van der Waals surface area contributed by atoms with Gasteiger partial charge in [0.2, 0.25) is 5.91 Å². The summed E-state index contributed by atoms with van der Waals surface area (Å²) in [6.45, 7) is 2.58. The van der Waals surface area contributed by atoms with Crippen LogP contribution in [0, 0.1) is 5.82 Å². The van der Waals surface area contributed by atoms with Gasteiger partial charge in [-0.1, -0.05) is 36.4 Å². The van der Waals surface area contributed by atoms with Crippen LogP contribution in [-0.2, 0) is 16.1 Å². The molecule has 1 atom stereocenters. The van der Waals surface area contributed by atoms with Crippen molar-refractivity contribution in [2.45, 2.75) is 19.6 Å². The third-order valence-electron chi connectivity index (χ3n) is 6.10. The van der Waals surface area contributed by atoms with E-state index in [2.05, 4.69) is 40.2 Å². The molecule has 1 aliphatic rings. The van der Waals surface area contributed by atoms with Crippen molar-refractivity contribution in [3.05, 3.63) is 96.6 Å². The molecule has 3 aromatic carbocycles. The number of hydrogen-bond acceptors (Lipinski definition) is 3. The summed E-state index contributed by atoms with van der Waals surface area (Å²) in [5.41, 5.74) is 2.81. The Bertz CT molecular complexity index is 1410. The maximum absolute atomic E-state index is 15.0. The molecule has 1 saturated heterocycles. The average molecular weight is 550 g/mol. The predicted octanol–water partition coefficient (Wildman–Crippen LogP) is 1.45. The van der Waals surface area contributed by atoms with Gasteiger partial charge in [-0.2, -0.15) is 0 Å². The van der Waals surface area contributed by atoms with E-state index < -0.39 is 18.0 Å². The molecule has 0 bridgehead atoms. The zero-order valence-electron chi connectivity index (χ0n) is 19.7. The first-order chi connectivity index (χ1) is 17.0. The molecule has 6 nitrogen and oxygen atoms in total. The van der Waals surface area contributed by atoms with Crippen LogP contribution in [0.2, 0.25) is 0 Å². The highest BCUT2D eigenvalue weighted by Crippen LogP contribution is 2.28. The lowest BCUT2D eigenvalue weighted by molar-refractivity contribution is -0.688. The summed E-state index contributed by atoms with van der Waals surface area (Å²) in [5, 5.41) is 5.04. The summed E-state index contributed by atoms with van der Waals surface area (Å²) >= 11 is 0. The lowest BCUT2D eigenvalue weighted by atomic mass is 10.1. The van der Waals surface area contributed by atoms with Crippen molar-refractivity contribution in [2.75, 3.05) is 18.0 Å². The summed E-state index contributed by atoms with van der Waals surface area (Å²) in [6.07, 6.45) is 2.84. The fourth-order valence-electron chi connectivity index (χ4n) is 4.29. The molecule has 1 unspecified atom stereocenters. The average Bonchev–Trinajstić information content (AvgIpc) is 3.24. The van der Waals surface area contributed by atoms with Gasteiger partial charge in [0.25, 0.3) is 0 Å². The number of halogens is 2. The lowest BCUT2D eigenvalue weighted by Crippen LogP contribution is -3.00. The fourth-order valence-corrected chi connectivity index (χ4v) is 4.29. The molecule has 1 N–H and O–H groups in total. The number of amides is 2. The molecular formula is C28H25BrFN3O3. The molecule has 1 fully saturated rings. The molecule has 0 saturated carbocycles. The van der Waals surface area contributed by atoms with Crippen molar-refractivity contribution in [1.29, 1.82) is 0 Å². The molecule has 4 aromatic rings. The second-order valence-electron chi connectivity index (χ2n) is 8.66. The van der Waals surface area contributed by atoms with Gasteiger partial charge in [-0.15, -0.1) is 0 Å². The molecule has 0 radical (unpaired) electrons. The van der Waals surface area contributed by atoms with E-state index in [4.69, 9.17) is 4.74 Å². The maximum Gasteiger partial charge on any atom is 0.414 e. The number of carbonyl (C=O) groups excluding carboxylic acids is 2. The largest absolute Gasteiger partial charge is 1.00 e. The minimum absolute atomic E-state index is 0. The number of anilines is 1. The number of rotatable bonds is 6. The third-order valence-corrected chi connectivity index (χ3v) is 6.10. The number of aromatic nitrogens is 1. The third kappa shape index (κ3) is 5.54. The van der Waals surface area contributed by atoms with Gasteiger partial charge in [-0.05, 0) is 40.6 Å². The Kier molecular flexibility index (Phi) is 7.64. The van der Waals surface area contributed by atoms with Gasteiger partial charge in [0.05, 0.1) is 18.8 Å². The minimum atomic E-state index is -0.554. The summed E-state index contributed by atoms with van der Waals surface area (Å²) in [7, 11) is 0. The Morgan fingerprint density at radius 3 is 2.53 bits per heavy atom. The quantitative estimate of drug-likeness (QED) is 0.370. The van der Waals surface area contributed by atoms with Gasteiger partial charge in [-0.25, -0.2) is 13.8 Å². The zero-order valence-corrected chi connectivity index (χ0v) is 21.2. The van der Waals surface area contributed by atoms with E-state index in [0.29, 0.717) is 17.8 Å². The van der Waals surface area contributed by atoms with Crippen LogP contribution in [0.5, 0.6) is 0 Å². The van der Waals surface area contributed by atoms with Crippen LogP contribution >= 0.6 is 0 Å². The topological polar surface area (TPSA) is 62.5 Å². The normalized spacial score (nSPS) is 14.9. The van der Waals surface area contributed by atoms with Crippen LogP contribution in [0.1, 0.15) is 12.5 Å². The van der Waals surface area contributed by atoms with Gasteiger partial charge < -0.3 is 27.0 Å². The fraction of sp³-hybridized carbons (Fsp3) is 0.179. The number of pyridine rings is 1. The zero-order chi connectivity index (χ0) is 24.4. The second kappa shape index (κ2) is 10.9. The maximum atomic E-state index is 15.0. The number of nitrogens with zero attached hydrogens (tertiary/aromatic N) is 2. The van der Waals surface area contributed by atoms with Crippen LogP contribution in [0.3, 0.4) is 0 Å². The molecule has 0 spiro atoms. The van der Waals surface area contributed by atoms with Gasteiger partial charge in [0.15, 0.2) is 18.9 Å². The highest BCUT2D eigenvalue weighted by molar-refractivity contribution is 5.90. The SMILES string of the molecule is CC(=O)NCC1CN(c2ccc(-c3cc[n+](Cc4ccc5ccccc5c4)cc3)c(F)c2)C(=O)O1.[Br-]. The van der Waals surface area contributed by atoms with Crippen molar-refractivity contribution in [3.63, 3.8) is 0 Å². The van der Waals surface area contributed by atoms with Crippen molar-refractivity contribution in [2.24, 2.45) is 0 Å². The Balaban J connectivity index is 0.00000304. The summed E-state index contributed by atoms with van der Waals surface area (Å²) in [4.78, 5) is 24.7. The number of hydrogen-bond donors (Lipinski definition) is 1. The van der Waals surface area contributed by atoms with E-state index in [1.165, 1.54) is 34.2 Å². The Morgan fingerprint density at radius 1 is 1.06 bits per heavy atom. The molecule has 36 heavy (non-hydrogen) atoms. The molecule has 5 rings (SSSR count). The lowest BCUT2D eigenvalue weighted by Gasteiger charge is -2.14. The van der Waals surface area contributed by atoms with E-state index in [1.807, 2.05) is 36.7 Å². The van der Waals surface area contributed by atoms with Crippen molar-refractivity contribution < 1.29 is 40.3 Å². The minimum Gasteiger partial charge on any atom is -1.00 e. The van der Waals surface area contributed by atoms with Crippen LogP contribution < -0.4 is 31.8 Å². The molecule has 1 aromatic heterocycles. The van der Waals surface area contributed by atoms with Crippen molar-refractivity contribution in [3.8, 4) is 11.1 Å². The number of nitrogens with one attached hydrogen (secondary N) is 1. The first-order valence-corrected chi connectivity index (χ1v) is 11.5. The molecule has 2 heterocycles. The molecule has 8 heteroatoms. The van der Waals surface area contributed by atoms with E-state index in [0.717, 1.165) is 5.56 Å². The first kappa shape index (κ1) is 25.3. The van der Waals surface area contributed by atoms with Gasteiger partial charge in [0.1, 0.15) is 11.9 Å². The van der Waals surface area contributed by atoms with Crippen molar-refractivity contribution >= 4 is 28.5 Å². The van der Waals surface area contributed by atoms with Gasteiger partial charge in [-0.3, -0.25) is 9.69 Å². The number of carbonyl (C=O) groups is 2. The monoisotopic (exact) mass is 549 g/mol. The summed E-state index contributed by atoms with van der Waals surface area (Å²) < 4.78 is 22.3. The Labute approximate surface area is 219 Å². The summed E-state index contributed by atoms with van der Waals surface area (Å²) in [5.74, 6) is -0.621. The van der Waals surface area contributed by atoms with E-state index in [-0.39, 0.29) is 36.0 Å². The molecule has 2 amide bonds. The van der Waals surface area contributed by atoms with E-state index in [1.54, 1.807) is 12.1 Å². The van der Waals surface area contributed by atoms with Crippen LogP contribution in [-0.4, -0.2) is 31.2 Å². The smallest absolute Gasteiger partial charge is 0.414 e. The highest BCUT2D eigenvalue weighted by atomic mass is 79.9. The van der Waals surface area contributed by atoms with E-state index >= 15 is 4.39 Å². The Morgan fingerprint density at radius 2 is 1.81 bits per heavy atom. The number of fused-ring (bicyclic) bond motifs is 1.